The first-order valence-electron chi connectivity index (χ1n) is 10.7. The second-order valence-electron chi connectivity index (χ2n) is 7.56. The van der Waals surface area contributed by atoms with Gasteiger partial charge in [-0.1, -0.05) is 36.0 Å². The number of terminal acetylenes is 1. The number of nitrogens with one attached hydrogen (secondary N) is 1. The molecule has 3 aromatic rings. The van der Waals surface area contributed by atoms with Crippen molar-refractivity contribution in [1.29, 1.82) is 0 Å². The van der Waals surface area contributed by atoms with E-state index >= 15 is 0 Å². The zero-order valence-corrected chi connectivity index (χ0v) is 23.1. The molecule has 0 spiro atoms. The average Bonchev–Trinajstić information content (AvgIpc) is 3.16. The fourth-order valence-electron chi connectivity index (χ4n) is 3.44. The number of nitrogens with zero attached hydrogens (tertiary/aromatic N) is 1. The number of halogens is 2. The van der Waals surface area contributed by atoms with E-state index < -0.39 is 11.7 Å². The van der Waals surface area contributed by atoms with Gasteiger partial charge < -0.3 is 14.8 Å². The monoisotopic (exact) mass is 644 g/mol. The molecule has 6 nitrogen and oxygen atoms in total. The van der Waals surface area contributed by atoms with Crippen LogP contribution < -0.4 is 19.7 Å². The van der Waals surface area contributed by atoms with E-state index in [2.05, 4.69) is 33.8 Å². The van der Waals surface area contributed by atoms with Crippen LogP contribution in [0.15, 0.2) is 65.6 Å². The predicted molar refractivity (Wildman–Crippen MR) is 156 cm³/mol. The Labute approximate surface area is 236 Å². The Bertz CT molecular complexity index is 1470. The Balaban J connectivity index is 1.57. The van der Waals surface area contributed by atoms with Crippen LogP contribution in [0.1, 0.15) is 15.9 Å². The molecule has 10 heteroatoms. The fourth-order valence-corrected chi connectivity index (χ4v) is 5.52. The van der Waals surface area contributed by atoms with Gasteiger partial charge in [0, 0.05) is 11.3 Å². The third kappa shape index (κ3) is 6.12. The second-order valence-corrected chi connectivity index (χ2v) is 10.4. The van der Waals surface area contributed by atoms with E-state index in [-0.39, 0.29) is 12.5 Å². The minimum absolute atomic E-state index is 0.103. The van der Waals surface area contributed by atoms with Crippen molar-refractivity contribution in [2.75, 3.05) is 23.9 Å². The summed E-state index contributed by atoms with van der Waals surface area (Å²) < 4.78 is 25.3. The van der Waals surface area contributed by atoms with E-state index in [0.29, 0.717) is 37.7 Å². The van der Waals surface area contributed by atoms with Crippen molar-refractivity contribution in [2.45, 2.75) is 0 Å². The maximum absolute atomic E-state index is 13.3. The molecule has 1 aliphatic heterocycles. The number of carbonyl (C=O) groups excluding carboxylic acids is 2. The summed E-state index contributed by atoms with van der Waals surface area (Å²) >= 11 is 8.76. The van der Waals surface area contributed by atoms with Crippen molar-refractivity contribution in [3.05, 3.63) is 86.1 Å². The number of thiocarbonyl (C=S) groups is 1. The van der Waals surface area contributed by atoms with Crippen LogP contribution in [0.2, 0.25) is 0 Å². The van der Waals surface area contributed by atoms with Crippen molar-refractivity contribution < 1.29 is 23.5 Å². The predicted octanol–water partition coefficient (Wildman–Crippen LogP) is 6.11. The lowest BCUT2D eigenvalue weighted by Crippen LogP contribution is -2.27. The van der Waals surface area contributed by atoms with Gasteiger partial charge in [-0.3, -0.25) is 14.5 Å². The van der Waals surface area contributed by atoms with Crippen molar-refractivity contribution in [3.8, 4) is 23.8 Å². The van der Waals surface area contributed by atoms with Gasteiger partial charge in [-0.15, -0.1) is 6.42 Å². The van der Waals surface area contributed by atoms with Crippen LogP contribution >= 0.6 is 46.6 Å². The first-order chi connectivity index (χ1) is 17.8. The summed E-state index contributed by atoms with van der Waals surface area (Å²) in [6, 6.07) is 15.6. The van der Waals surface area contributed by atoms with Gasteiger partial charge in [0.2, 0.25) is 0 Å². The van der Waals surface area contributed by atoms with Crippen LogP contribution in [0, 0.1) is 21.7 Å². The number of hydrogen-bond acceptors (Lipinski definition) is 6. The standard InChI is InChI=1S/C27H18FIN2O4S2/c1-3-11-35-24-21(29)12-16(13-22(24)34-2)14-23-26(33)31(27(36)37-23)20-6-4-5-17(15-20)25(32)30-19-9-7-18(28)8-10-19/h1,4-10,12-15H,11H2,2H3,(H,30,32)/b23-14+. The number of carbonyl (C=O) groups is 2. The maximum Gasteiger partial charge on any atom is 0.270 e. The third-order valence-electron chi connectivity index (χ3n) is 5.11. The lowest BCUT2D eigenvalue weighted by molar-refractivity contribution is -0.113. The van der Waals surface area contributed by atoms with Crippen molar-refractivity contribution in [2.24, 2.45) is 0 Å². The minimum atomic E-state index is -0.400. The molecule has 0 aromatic heterocycles. The number of anilines is 2. The number of thioether (sulfide) groups is 1. The Morgan fingerprint density at radius 1 is 1.24 bits per heavy atom. The van der Waals surface area contributed by atoms with Crippen molar-refractivity contribution in [3.63, 3.8) is 0 Å². The molecule has 1 N–H and O–H groups in total. The molecule has 2 amide bonds. The van der Waals surface area contributed by atoms with Gasteiger partial charge in [-0.05, 0) is 88.8 Å². The molecule has 1 aliphatic rings. The number of methoxy groups -OCH3 is 1. The molecule has 0 unspecified atom stereocenters. The Morgan fingerprint density at radius 3 is 2.70 bits per heavy atom. The summed E-state index contributed by atoms with van der Waals surface area (Å²) in [4.78, 5) is 27.8. The van der Waals surface area contributed by atoms with E-state index in [9.17, 15) is 14.0 Å². The highest BCUT2D eigenvalue weighted by Crippen LogP contribution is 2.39. The molecule has 0 saturated carbocycles. The molecule has 186 valence electrons. The largest absolute Gasteiger partial charge is 0.493 e. The molecule has 0 aliphatic carbocycles. The van der Waals surface area contributed by atoms with Gasteiger partial charge in [0.25, 0.3) is 11.8 Å². The summed E-state index contributed by atoms with van der Waals surface area (Å²) in [7, 11) is 1.52. The lowest BCUT2D eigenvalue weighted by atomic mass is 10.1. The normalized spacial score (nSPS) is 14.0. The topological polar surface area (TPSA) is 67.9 Å². The second kappa shape index (κ2) is 11.8. The highest BCUT2D eigenvalue weighted by molar-refractivity contribution is 14.1. The molecule has 37 heavy (non-hydrogen) atoms. The van der Waals surface area contributed by atoms with E-state index in [1.54, 1.807) is 36.4 Å². The van der Waals surface area contributed by atoms with Crippen LogP contribution in [0.4, 0.5) is 15.8 Å². The van der Waals surface area contributed by atoms with E-state index in [1.165, 1.54) is 36.3 Å². The quantitative estimate of drug-likeness (QED) is 0.145. The Kier molecular flexibility index (Phi) is 8.48. The van der Waals surface area contributed by atoms with Crippen LogP contribution in [-0.4, -0.2) is 29.9 Å². The zero-order valence-electron chi connectivity index (χ0n) is 19.3. The van der Waals surface area contributed by atoms with Gasteiger partial charge in [0.1, 0.15) is 12.4 Å². The van der Waals surface area contributed by atoms with Gasteiger partial charge in [0.05, 0.1) is 21.3 Å². The van der Waals surface area contributed by atoms with Crippen LogP contribution in [0.5, 0.6) is 11.5 Å². The summed E-state index contributed by atoms with van der Waals surface area (Å²) in [6.45, 7) is 0.103. The molecule has 3 aromatic carbocycles. The number of ether oxygens (including phenoxy) is 2. The van der Waals surface area contributed by atoms with E-state index in [4.69, 9.17) is 28.1 Å². The average molecular weight is 644 g/mol. The Hall–Kier alpha value is -3.40. The van der Waals surface area contributed by atoms with Crippen molar-refractivity contribution in [1.82, 2.24) is 0 Å². The lowest BCUT2D eigenvalue weighted by Gasteiger charge is -2.15. The summed E-state index contributed by atoms with van der Waals surface area (Å²) in [5, 5.41) is 2.71. The first kappa shape index (κ1) is 26.7. The van der Waals surface area contributed by atoms with Crippen molar-refractivity contribution >= 4 is 80.2 Å². The molecule has 4 rings (SSSR count). The molecule has 0 radical (unpaired) electrons. The molecular weight excluding hydrogens is 626 g/mol. The number of rotatable bonds is 7. The summed E-state index contributed by atoms with van der Waals surface area (Å²) in [6.07, 6.45) is 7.01. The third-order valence-corrected chi connectivity index (χ3v) is 7.22. The first-order valence-corrected chi connectivity index (χ1v) is 13.0. The van der Waals surface area contributed by atoms with E-state index in [0.717, 1.165) is 20.9 Å². The highest BCUT2D eigenvalue weighted by Gasteiger charge is 2.33. The molecule has 1 heterocycles. The van der Waals surface area contributed by atoms with Gasteiger partial charge in [-0.2, -0.15) is 0 Å². The van der Waals surface area contributed by atoms with Crippen LogP contribution in [-0.2, 0) is 4.79 Å². The van der Waals surface area contributed by atoms with Gasteiger partial charge in [-0.25, -0.2) is 4.39 Å². The van der Waals surface area contributed by atoms with Crippen LogP contribution in [0.25, 0.3) is 6.08 Å². The molecular formula is C27H18FIN2O4S2. The molecule has 1 fully saturated rings. The number of amides is 2. The summed E-state index contributed by atoms with van der Waals surface area (Å²) in [5.41, 5.74) is 1.96. The molecule has 1 saturated heterocycles. The van der Waals surface area contributed by atoms with Crippen LogP contribution in [0.3, 0.4) is 0 Å². The van der Waals surface area contributed by atoms with E-state index in [1.807, 2.05) is 6.07 Å². The number of benzene rings is 3. The molecule has 0 atom stereocenters. The number of hydrogen-bond donors (Lipinski definition) is 1. The fraction of sp³-hybridized carbons (Fsp3) is 0.0741. The highest BCUT2D eigenvalue weighted by atomic mass is 127. The minimum Gasteiger partial charge on any atom is -0.493 e. The summed E-state index contributed by atoms with van der Waals surface area (Å²) in [5.74, 6) is 2.33. The smallest absolute Gasteiger partial charge is 0.270 e. The Morgan fingerprint density at radius 2 is 2.00 bits per heavy atom. The SMILES string of the molecule is C#CCOc1c(I)cc(/C=C2/SC(=S)N(c3cccc(C(=O)Nc4ccc(F)cc4)c3)C2=O)cc1OC. The van der Waals surface area contributed by atoms with Gasteiger partial charge >= 0.3 is 0 Å². The maximum atomic E-state index is 13.3. The molecule has 0 bridgehead atoms. The van der Waals surface area contributed by atoms with Gasteiger partial charge in [0.15, 0.2) is 15.8 Å². The zero-order chi connectivity index (χ0) is 26.5.